The highest BCUT2D eigenvalue weighted by molar-refractivity contribution is 7.14. The average molecular weight is 379 g/mol. The molecule has 4 aromatic heterocycles. The van der Waals surface area contributed by atoms with Crippen molar-refractivity contribution in [1.82, 2.24) is 29.9 Å². The van der Waals surface area contributed by atoms with Crippen LogP contribution in [0.1, 0.15) is 11.9 Å². The molecule has 2 N–H and O–H groups in total. The topological polar surface area (TPSA) is 97.1 Å². The Morgan fingerprint density at radius 2 is 2.15 bits per heavy atom. The lowest BCUT2D eigenvalue weighted by molar-refractivity contribution is 0.252. The van der Waals surface area contributed by atoms with Crippen LogP contribution in [0, 0.1) is 6.92 Å². The number of hydrogen-bond acceptors (Lipinski definition) is 6. The first kappa shape index (κ1) is 17.1. The number of aromatic nitrogens is 5. The van der Waals surface area contributed by atoms with Gasteiger partial charge in [0.15, 0.2) is 10.8 Å². The second-order valence-electron chi connectivity index (χ2n) is 5.84. The molecule has 0 aliphatic carbocycles. The van der Waals surface area contributed by atoms with Gasteiger partial charge in [-0.3, -0.25) is 14.7 Å². The van der Waals surface area contributed by atoms with Gasteiger partial charge >= 0.3 is 6.03 Å². The quantitative estimate of drug-likeness (QED) is 0.567. The number of urea groups is 1. The Balaban J connectivity index is 1.86. The Morgan fingerprint density at radius 1 is 1.26 bits per heavy atom. The molecule has 0 saturated heterocycles. The first-order chi connectivity index (χ1) is 13.1. The number of rotatable bonds is 4. The molecular formula is C18H17N7OS. The predicted molar refractivity (Wildman–Crippen MR) is 105 cm³/mol. The highest BCUT2D eigenvalue weighted by Crippen LogP contribution is 2.30. The molecule has 0 aliphatic rings. The Labute approximate surface area is 159 Å². The van der Waals surface area contributed by atoms with Crippen LogP contribution in [0.4, 0.5) is 10.6 Å². The van der Waals surface area contributed by atoms with Crippen molar-refractivity contribution in [2.24, 2.45) is 0 Å². The zero-order valence-electron chi connectivity index (χ0n) is 14.8. The summed E-state index contributed by atoms with van der Waals surface area (Å²) in [7, 11) is 0. The molecule has 4 heterocycles. The van der Waals surface area contributed by atoms with Crippen molar-refractivity contribution in [2.75, 3.05) is 11.9 Å². The number of nitrogens with one attached hydrogen (secondary N) is 2. The summed E-state index contributed by atoms with van der Waals surface area (Å²) in [5, 5.41) is 15.5. The molecule has 0 fully saturated rings. The van der Waals surface area contributed by atoms with Crippen molar-refractivity contribution in [3.05, 3.63) is 47.9 Å². The SMILES string of the molecule is CCNC(=O)Nc1cn2c(-c3nnc(C)s3)cc(-c3cccnc3)cc2n1. The molecule has 0 radical (unpaired) electrons. The van der Waals surface area contributed by atoms with Gasteiger partial charge in [0.1, 0.15) is 10.7 Å². The molecular weight excluding hydrogens is 362 g/mol. The first-order valence-corrected chi connectivity index (χ1v) is 9.24. The van der Waals surface area contributed by atoms with Crippen molar-refractivity contribution >= 4 is 28.8 Å². The van der Waals surface area contributed by atoms with E-state index in [1.165, 1.54) is 11.3 Å². The molecule has 0 spiro atoms. The Kier molecular flexibility index (Phi) is 4.51. The van der Waals surface area contributed by atoms with Gasteiger partial charge in [-0.1, -0.05) is 17.4 Å². The number of carbonyl (C=O) groups is 1. The van der Waals surface area contributed by atoms with E-state index in [4.69, 9.17) is 0 Å². The molecule has 4 aromatic rings. The Hall–Kier alpha value is -3.33. The van der Waals surface area contributed by atoms with Gasteiger partial charge in [0.25, 0.3) is 0 Å². The third kappa shape index (κ3) is 3.49. The second kappa shape index (κ2) is 7.12. The van der Waals surface area contributed by atoms with Crippen LogP contribution in [0.3, 0.4) is 0 Å². The monoisotopic (exact) mass is 379 g/mol. The molecule has 0 atom stereocenters. The zero-order valence-corrected chi connectivity index (χ0v) is 15.6. The molecule has 0 aromatic carbocycles. The van der Waals surface area contributed by atoms with Crippen LogP contribution in [0.15, 0.2) is 42.9 Å². The number of aryl methyl sites for hydroxylation is 1. The summed E-state index contributed by atoms with van der Waals surface area (Å²) in [5.74, 6) is 0.465. The van der Waals surface area contributed by atoms with Crippen LogP contribution >= 0.6 is 11.3 Å². The van der Waals surface area contributed by atoms with Gasteiger partial charge in [0.2, 0.25) is 0 Å². The number of anilines is 1. The summed E-state index contributed by atoms with van der Waals surface area (Å²) in [6, 6.07) is 7.58. The van der Waals surface area contributed by atoms with Crippen LogP contribution < -0.4 is 10.6 Å². The largest absolute Gasteiger partial charge is 0.338 e. The van der Waals surface area contributed by atoms with Crippen LogP contribution in [-0.2, 0) is 0 Å². The van der Waals surface area contributed by atoms with E-state index in [0.29, 0.717) is 18.0 Å². The maximum absolute atomic E-state index is 11.8. The molecule has 0 saturated carbocycles. The fourth-order valence-corrected chi connectivity index (χ4v) is 3.44. The van der Waals surface area contributed by atoms with Gasteiger partial charge in [-0.15, -0.1) is 10.2 Å². The van der Waals surface area contributed by atoms with E-state index in [9.17, 15) is 4.79 Å². The highest BCUT2D eigenvalue weighted by atomic mass is 32.1. The molecule has 8 nitrogen and oxygen atoms in total. The number of nitrogens with zero attached hydrogens (tertiary/aromatic N) is 5. The van der Waals surface area contributed by atoms with Crippen LogP contribution in [-0.4, -0.2) is 37.1 Å². The lowest BCUT2D eigenvalue weighted by Crippen LogP contribution is -2.28. The molecule has 136 valence electrons. The van der Waals surface area contributed by atoms with Crippen molar-refractivity contribution in [3.8, 4) is 21.8 Å². The number of amides is 2. The van der Waals surface area contributed by atoms with Crippen LogP contribution in [0.5, 0.6) is 0 Å². The minimum atomic E-state index is -0.290. The summed E-state index contributed by atoms with van der Waals surface area (Å²) in [6.45, 7) is 4.32. The highest BCUT2D eigenvalue weighted by Gasteiger charge is 2.15. The second-order valence-corrected chi connectivity index (χ2v) is 7.02. The molecule has 9 heteroatoms. The fraction of sp³-hybridized carbons (Fsp3) is 0.167. The van der Waals surface area contributed by atoms with Crippen LogP contribution in [0.2, 0.25) is 0 Å². The fourth-order valence-electron chi connectivity index (χ4n) is 2.73. The normalized spacial score (nSPS) is 10.9. The molecule has 2 amide bonds. The summed E-state index contributed by atoms with van der Waals surface area (Å²) in [6.07, 6.45) is 5.32. The number of fused-ring (bicyclic) bond motifs is 1. The van der Waals surface area contributed by atoms with Gasteiger partial charge in [0, 0.05) is 24.5 Å². The van der Waals surface area contributed by atoms with E-state index in [2.05, 4.69) is 30.8 Å². The van der Waals surface area contributed by atoms with E-state index in [-0.39, 0.29) is 6.03 Å². The molecule has 4 rings (SSSR count). The molecule has 27 heavy (non-hydrogen) atoms. The third-order valence-electron chi connectivity index (χ3n) is 3.89. The van der Waals surface area contributed by atoms with E-state index in [0.717, 1.165) is 26.8 Å². The predicted octanol–water partition coefficient (Wildman–Crippen LogP) is 3.36. The van der Waals surface area contributed by atoms with E-state index in [1.807, 2.05) is 42.5 Å². The minimum Gasteiger partial charge on any atom is -0.338 e. The van der Waals surface area contributed by atoms with Crippen molar-refractivity contribution in [3.63, 3.8) is 0 Å². The number of hydrogen-bond donors (Lipinski definition) is 2. The van der Waals surface area contributed by atoms with Gasteiger partial charge in [0.05, 0.1) is 11.9 Å². The van der Waals surface area contributed by atoms with Crippen molar-refractivity contribution in [2.45, 2.75) is 13.8 Å². The van der Waals surface area contributed by atoms with Crippen molar-refractivity contribution < 1.29 is 4.79 Å². The standard InChI is InChI=1S/C18H17N7OS/c1-3-20-18(26)22-15-10-25-14(17-24-23-11(2)27-17)7-13(8-16(25)21-15)12-5-4-6-19-9-12/h4-10H,3H2,1-2H3,(H2,20,22,26). The average Bonchev–Trinajstić information content (AvgIpc) is 3.27. The number of carbonyl (C=O) groups excluding carboxylic acids is 1. The maximum Gasteiger partial charge on any atom is 0.320 e. The smallest absolute Gasteiger partial charge is 0.320 e. The van der Waals surface area contributed by atoms with Crippen LogP contribution in [0.25, 0.3) is 27.5 Å². The Morgan fingerprint density at radius 3 is 2.85 bits per heavy atom. The molecule has 0 aliphatic heterocycles. The molecule has 0 bridgehead atoms. The number of imidazole rings is 1. The van der Waals surface area contributed by atoms with Gasteiger partial charge in [-0.05, 0) is 37.6 Å². The summed E-state index contributed by atoms with van der Waals surface area (Å²) in [5.41, 5.74) is 3.50. The van der Waals surface area contributed by atoms with E-state index >= 15 is 0 Å². The lowest BCUT2D eigenvalue weighted by atomic mass is 10.1. The zero-order chi connectivity index (χ0) is 18.8. The third-order valence-corrected chi connectivity index (χ3v) is 4.75. The van der Waals surface area contributed by atoms with Gasteiger partial charge < -0.3 is 5.32 Å². The summed E-state index contributed by atoms with van der Waals surface area (Å²) < 4.78 is 1.90. The summed E-state index contributed by atoms with van der Waals surface area (Å²) >= 11 is 1.50. The maximum atomic E-state index is 11.8. The minimum absolute atomic E-state index is 0.290. The van der Waals surface area contributed by atoms with Crippen molar-refractivity contribution in [1.29, 1.82) is 0 Å². The Bertz CT molecular complexity index is 1100. The van der Waals surface area contributed by atoms with E-state index in [1.54, 1.807) is 18.6 Å². The van der Waals surface area contributed by atoms with Gasteiger partial charge in [-0.2, -0.15) is 0 Å². The summed E-state index contributed by atoms with van der Waals surface area (Å²) in [4.78, 5) is 20.6. The lowest BCUT2D eigenvalue weighted by Gasteiger charge is -2.06. The van der Waals surface area contributed by atoms with E-state index < -0.39 is 0 Å². The van der Waals surface area contributed by atoms with Gasteiger partial charge in [-0.25, -0.2) is 9.78 Å². The first-order valence-electron chi connectivity index (χ1n) is 8.43. The molecule has 0 unspecified atom stereocenters. The number of pyridine rings is 2.